The van der Waals surface area contributed by atoms with Crippen LogP contribution in [0, 0.1) is 11.3 Å². The molecular weight excluding hydrogens is 428 g/mol. The molecule has 1 saturated heterocycles. The Bertz CT molecular complexity index is 1410. The van der Waals surface area contributed by atoms with Crippen molar-refractivity contribution < 1.29 is 9.53 Å². The van der Waals surface area contributed by atoms with Crippen molar-refractivity contribution >= 4 is 16.9 Å². The van der Waals surface area contributed by atoms with Crippen molar-refractivity contribution in [1.82, 2.24) is 24.6 Å². The lowest BCUT2D eigenvalue weighted by Gasteiger charge is -2.32. The van der Waals surface area contributed by atoms with E-state index in [1.54, 1.807) is 17.2 Å². The Labute approximate surface area is 196 Å². The summed E-state index contributed by atoms with van der Waals surface area (Å²) in [6, 6.07) is 17.0. The molecule has 0 aliphatic carbocycles. The van der Waals surface area contributed by atoms with E-state index < -0.39 is 0 Å². The van der Waals surface area contributed by atoms with E-state index in [0.717, 1.165) is 18.2 Å². The van der Waals surface area contributed by atoms with Gasteiger partial charge in [0.25, 0.3) is 0 Å². The van der Waals surface area contributed by atoms with Gasteiger partial charge in [0.2, 0.25) is 5.91 Å². The molecule has 2 aromatic heterocycles. The summed E-state index contributed by atoms with van der Waals surface area (Å²) in [4.78, 5) is 22.6. The Hall–Kier alpha value is -4.51. The standard InChI is InChI=1S/C26H22N6O2/c1-2-24(33)31-12-6-7-19(16-31)32-26-23(15-28-17-29-26)25(30-32)22-11-10-21(13-18(22)14-27)34-20-8-4-3-5-9-20/h2-5,8-11,13,15,17,19H,1,6-7,12,16H2/t19-/m0/s1. The van der Waals surface area contributed by atoms with Gasteiger partial charge in [0, 0.05) is 24.8 Å². The largest absolute Gasteiger partial charge is 0.457 e. The molecule has 0 radical (unpaired) electrons. The molecule has 2 aromatic carbocycles. The number of carbonyl (C=O) groups excluding carboxylic acids is 1. The van der Waals surface area contributed by atoms with Crippen LogP contribution >= 0.6 is 0 Å². The van der Waals surface area contributed by atoms with Crippen molar-refractivity contribution in [2.75, 3.05) is 13.1 Å². The first-order chi connectivity index (χ1) is 16.7. The Balaban J connectivity index is 1.54. The SMILES string of the molecule is C=CC(=O)N1CCC[C@H](n2nc(-c3ccc(Oc4ccccc4)cc3C#N)c3cncnc32)C1. The fraction of sp³-hybridized carbons (Fsp3) is 0.192. The smallest absolute Gasteiger partial charge is 0.246 e. The summed E-state index contributed by atoms with van der Waals surface area (Å²) < 4.78 is 7.76. The van der Waals surface area contributed by atoms with E-state index in [4.69, 9.17) is 9.84 Å². The van der Waals surface area contributed by atoms with Crippen molar-refractivity contribution in [1.29, 1.82) is 5.26 Å². The van der Waals surface area contributed by atoms with Gasteiger partial charge in [-0.1, -0.05) is 24.8 Å². The van der Waals surface area contributed by atoms with E-state index in [0.29, 0.717) is 47.1 Å². The quantitative estimate of drug-likeness (QED) is 0.415. The third-order valence-corrected chi connectivity index (χ3v) is 5.95. The van der Waals surface area contributed by atoms with Crippen LogP contribution in [0.15, 0.2) is 73.7 Å². The number of nitriles is 1. The molecule has 168 valence electrons. The number of hydrogen-bond acceptors (Lipinski definition) is 6. The predicted octanol–water partition coefficient (Wildman–Crippen LogP) is 4.51. The number of para-hydroxylation sites is 1. The van der Waals surface area contributed by atoms with Crippen LogP contribution in [0.3, 0.4) is 0 Å². The molecule has 8 heteroatoms. The number of likely N-dealkylation sites (tertiary alicyclic amines) is 1. The number of rotatable bonds is 5. The van der Waals surface area contributed by atoms with Gasteiger partial charge in [-0.05, 0) is 49.2 Å². The zero-order valence-electron chi connectivity index (χ0n) is 18.5. The molecule has 4 aromatic rings. The highest BCUT2D eigenvalue weighted by molar-refractivity contribution is 5.92. The molecule has 1 amide bonds. The van der Waals surface area contributed by atoms with Gasteiger partial charge in [-0.25, -0.2) is 14.6 Å². The van der Waals surface area contributed by atoms with Gasteiger partial charge in [0.05, 0.1) is 23.1 Å². The maximum atomic E-state index is 12.2. The number of ether oxygens (including phenoxy) is 1. The van der Waals surface area contributed by atoms with Crippen molar-refractivity contribution in [2.24, 2.45) is 0 Å². The third kappa shape index (κ3) is 3.99. The number of amides is 1. The van der Waals surface area contributed by atoms with Gasteiger partial charge >= 0.3 is 0 Å². The summed E-state index contributed by atoms with van der Waals surface area (Å²) in [6.07, 6.45) is 6.28. The van der Waals surface area contributed by atoms with Gasteiger partial charge in [0.15, 0.2) is 5.65 Å². The lowest BCUT2D eigenvalue weighted by atomic mass is 10.0. The summed E-state index contributed by atoms with van der Waals surface area (Å²) in [6.45, 7) is 4.83. The van der Waals surface area contributed by atoms with E-state index in [2.05, 4.69) is 22.6 Å². The Morgan fingerprint density at radius 1 is 1.21 bits per heavy atom. The molecule has 0 N–H and O–H groups in total. The highest BCUT2D eigenvalue weighted by atomic mass is 16.5. The minimum atomic E-state index is -0.0863. The Morgan fingerprint density at radius 2 is 2.06 bits per heavy atom. The van der Waals surface area contributed by atoms with E-state index in [9.17, 15) is 10.1 Å². The number of benzene rings is 2. The van der Waals surface area contributed by atoms with Crippen LogP contribution in [0.5, 0.6) is 11.5 Å². The lowest BCUT2D eigenvalue weighted by Crippen LogP contribution is -2.40. The second-order valence-corrected chi connectivity index (χ2v) is 8.07. The summed E-state index contributed by atoms with van der Waals surface area (Å²) in [5.74, 6) is 1.17. The summed E-state index contributed by atoms with van der Waals surface area (Å²) in [5.41, 5.74) is 2.43. The zero-order chi connectivity index (χ0) is 23.5. The second-order valence-electron chi connectivity index (χ2n) is 8.07. The topological polar surface area (TPSA) is 96.9 Å². The summed E-state index contributed by atoms with van der Waals surface area (Å²) in [7, 11) is 0. The van der Waals surface area contributed by atoms with Gasteiger partial charge < -0.3 is 9.64 Å². The van der Waals surface area contributed by atoms with Crippen LogP contribution < -0.4 is 4.74 Å². The van der Waals surface area contributed by atoms with E-state index in [1.165, 1.54) is 12.4 Å². The minimum Gasteiger partial charge on any atom is -0.457 e. The van der Waals surface area contributed by atoms with Crippen molar-refractivity contribution in [3.8, 4) is 28.8 Å². The number of nitrogens with zero attached hydrogens (tertiary/aromatic N) is 6. The predicted molar refractivity (Wildman–Crippen MR) is 127 cm³/mol. The first-order valence-electron chi connectivity index (χ1n) is 11.0. The molecule has 1 atom stereocenters. The first-order valence-corrected chi connectivity index (χ1v) is 11.0. The van der Waals surface area contributed by atoms with E-state index >= 15 is 0 Å². The van der Waals surface area contributed by atoms with Crippen LogP contribution in [0.4, 0.5) is 0 Å². The molecule has 0 spiro atoms. The highest BCUT2D eigenvalue weighted by Crippen LogP contribution is 2.34. The van der Waals surface area contributed by atoms with Crippen molar-refractivity contribution in [3.63, 3.8) is 0 Å². The highest BCUT2D eigenvalue weighted by Gasteiger charge is 2.27. The number of hydrogen-bond donors (Lipinski definition) is 0. The monoisotopic (exact) mass is 450 g/mol. The van der Waals surface area contributed by atoms with Crippen LogP contribution in [-0.4, -0.2) is 43.6 Å². The molecule has 1 aliphatic rings. The number of fused-ring (bicyclic) bond motifs is 1. The van der Waals surface area contributed by atoms with Gasteiger partial charge in [-0.15, -0.1) is 0 Å². The normalized spacial score (nSPS) is 15.6. The van der Waals surface area contributed by atoms with E-state index in [-0.39, 0.29) is 11.9 Å². The molecule has 34 heavy (non-hydrogen) atoms. The molecule has 8 nitrogen and oxygen atoms in total. The minimum absolute atomic E-state index is 0.0324. The molecule has 3 heterocycles. The number of aromatic nitrogens is 4. The fourth-order valence-corrected chi connectivity index (χ4v) is 4.33. The maximum Gasteiger partial charge on any atom is 0.246 e. The molecule has 1 aliphatic heterocycles. The second kappa shape index (κ2) is 9.16. The van der Waals surface area contributed by atoms with Crippen LogP contribution in [0.25, 0.3) is 22.3 Å². The number of carbonyl (C=O) groups is 1. The molecular formula is C26H22N6O2. The average Bonchev–Trinajstić information content (AvgIpc) is 3.28. The lowest BCUT2D eigenvalue weighted by molar-refractivity contribution is -0.127. The molecule has 1 fully saturated rings. The maximum absolute atomic E-state index is 12.2. The zero-order valence-corrected chi connectivity index (χ0v) is 18.5. The van der Waals surface area contributed by atoms with Gasteiger partial charge in [0.1, 0.15) is 23.5 Å². The fourth-order valence-electron chi connectivity index (χ4n) is 4.33. The Morgan fingerprint density at radius 3 is 2.85 bits per heavy atom. The van der Waals surface area contributed by atoms with E-state index in [1.807, 2.05) is 47.1 Å². The van der Waals surface area contributed by atoms with Crippen molar-refractivity contribution in [3.05, 3.63) is 79.3 Å². The average molecular weight is 451 g/mol. The van der Waals surface area contributed by atoms with Crippen LogP contribution in [0.1, 0.15) is 24.4 Å². The molecule has 0 saturated carbocycles. The Kier molecular flexibility index (Phi) is 5.75. The van der Waals surface area contributed by atoms with Crippen LogP contribution in [0.2, 0.25) is 0 Å². The van der Waals surface area contributed by atoms with Crippen molar-refractivity contribution in [2.45, 2.75) is 18.9 Å². The summed E-state index contributed by atoms with van der Waals surface area (Å²) in [5, 5.41) is 15.5. The molecule has 0 unspecified atom stereocenters. The number of piperidine rings is 1. The molecule has 0 bridgehead atoms. The van der Waals surface area contributed by atoms with Crippen LogP contribution in [-0.2, 0) is 4.79 Å². The van der Waals surface area contributed by atoms with Gasteiger partial charge in [-0.2, -0.15) is 10.4 Å². The third-order valence-electron chi connectivity index (χ3n) is 5.95. The summed E-state index contributed by atoms with van der Waals surface area (Å²) >= 11 is 0. The molecule has 5 rings (SSSR count). The first kappa shape index (κ1) is 21.3. The van der Waals surface area contributed by atoms with Gasteiger partial charge in [-0.3, -0.25) is 4.79 Å².